The van der Waals surface area contributed by atoms with Crippen LogP contribution in [0, 0.1) is 5.41 Å². The molecule has 4 aliphatic rings. The van der Waals surface area contributed by atoms with Crippen LogP contribution < -0.4 is 10.6 Å². The Bertz CT molecular complexity index is 1190. The van der Waals surface area contributed by atoms with E-state index in [1.165, 1.54) is 0 Å². The Balaban J connectivity index is 1.13. The summed E-state index contributed by atoms with van der Waals surface area (Å²) in [6.45, 7) is 2.12. The van der Waals surface area contributed by atoms with Crippen LogP contribution in [0.25, 0.3) is 0 Å². The maximum Gasteiger partial charge on any atom is 0.236 e. The fourth-order valence-corrected chi connectivity index (χ4v) is 7.58. The van der Waals surface area contributed by atoms with E-state index in [2.05, 4.69) is 32.5 Å². The van der Waals surface area contributed by atoms with Crippen LogP contribution in [0.1, 0.15) is 44.1 Å². The van der Waals surface area contributed by atoms with Gasteiger partial charge in [-0.25, -0.2) is 13.4 Å². The third-order valence-electron chi connectivity index (χ3n) is 7.97. The largest absolute Gasteiger partial charge is 0.324 e. The van der Waals surface area contributed by atoms with Crippen LogP contribution in [-0.4, -0.2) is 54.6 Å². The van der Waals surface area contributed by atoms with E-state index < -0.39 is 15.3 Å². The standard InChI is InChI=1S/C23H27N5O3S/c1-28-10-8-22(9-11-28)12-17(13-22)32(30,31)16-4-2-15(3-5-16)25-21-24-14-18-19(27-21)26-20(29)23(18)6-7-23/h2-5,14,17H,6-13H2,1H3,(H2,24,25,26,27,29). The molecule has 168 valence electrons. The highest BCUT2D eigenvalue weighted by molar-refractivity contribution is 7.92. The van der Waals surface area contributed by atoms with Gasteiger partial charge in [0.1, 0.15) is 5.82 Å². The van der Waals surface area contributed by atoms with Crippen molar-refractivity contribution in [3.63, 3.8) is 0 Å². The van der Waals surface area contributed by atoms with Crippen molar-refractivity contribution in [2.75, 3.05) is 30.8 Å². The molecule has 0 bridgehead atoms. The smallest absolute Gasteiger partial charge is 0.236 e. The van der Waals surface area contributed by atoms with E-state index in [9.17, 15) is 13.2 Å². The van der Waals surface area contributed by atoms with Gasteiger partial charge in [0.05, 0.1) is 15.6 Å². The lowest BCUT2D eigenvalue weighted by Gasteiger charge is -2.51. The number of benzene rings is 1. The molecule has 2 aliphatic carbocycles. The number of likely N-dealkylation sites (tertiary alicyclic amines) is 1. The van der Waals surface area contributed by atoms with Gasteiger partial charge in [-0.1, -0.05) is 0 Å². The number of aromatic nitrogens is 2. The molecule has 9 heteroatoms. The van der Waals surface area contributed by atoms with E-state index in [0.29, 0.717) is 22.3 Å². The van der Waals surface area contributed by atoms with Gasteiger partial charge in [0, 0.05) is 17.4 Å². The number of carbonyl (C=O) groups excluding carboxylic acids is 1. The van der Waals surface area contributed by atoms with Crippen molar-refractivity contribution in [2.24, 2.45) is 5.41 Å². The Kier molecular flexibility index (Phi) is 4.24. The van der Waals surface area contributed by atoms with Gasteiger partial charge in [0.15, 0.2) is 9.84 Å². The predicted octanol–water partition coefficient (Wildman–Crippen LogP) is 2.85. The molecule has 1 saturated heterocycles. The number of anilines is 3. The maximum absolute atomic E-state index is 13.1. The lowest BCUT2D eigenvalue weighted by Crippen LogP contribution is -2.50. The molecule has 2 saturated carbocycles. The molecule has 6 rings (SSSR count). The normalized spacial score (nSPS) is 23.6. The Hall–Kier alpha value is -2.52. The first-order valence-corrected chi connectivity index (χ1v) is 12.8. The molecule has 3 fully saturated rings. The first-order valence-electron chi connectivity index (χ1n) is 11.3. The Morgan fingerprint density at radius 3 is 2.44 bits per heavy atom. The molecular weight excluding hydrogens is 426 g/mol. The van der Waals surface area contributed by atoms with Crippen LogP contribution in [-0.2, 0) is 20.0 Å². The number of amides is 1. The van der Waals surface area contributed by atoms with E-state index in [1.807, 2.05) is 0 Å². The molecule has 2 aromatic rings. The molecule has 8 nitrogen and oxygen atoms in total. The second-order valence-electron chi connectivity index (χ2n) is 10.0. The Labute approximate surface area is 187 Å². The molecule has 1 aromatic heterocycles. The van der Waals surface area contributed by atoms with Crippen LogP contribution in [0.15, 0.2) is 35.4 Å². The molecule has 2 N–H and O–H groups in total. The zero-order valence-corrected chi connectivity index (χ0v) is 18.9. The monoisotopic (exact) mass is 453 g/mol. The number of fused-ring (bicyclic) bond motifs is 2. The number of hydrogen-bond acceptors (Lipinski definition) is 7. The first kappa shape index (κ1) is 20.1. The number of nitrogens with zero attached hydrogens (tertiary/aromatic N) is 3. The molecule has 1 amide bonds. The van der Waals surface area contributed by atoms with E-state index >= 15 is 0 Å². The number of hydrogen-bond donors (Lipinski definition) is 2. The lowest BCUT2D eigenvalue weighted by molar-refractivity contribution is -0.117. The van der Waals surface area contributed by atoms with Crippen molar-refractivity contribution in [2.45, 2.75) is 54.1 Å². The fourth-order valence-electron chi connectivity index (χ4n) is 5.53. The molecule has 2 aliphatic heterocycles. The number of sulfone groups is 1. The van der Waals surface area contributed by atoms with Gasteiger partial charge < -0.3 is 15.5 Å². The van der Waals surface area contributed by atoms with E-state index in [4.69, 9.17) is 0 Å². The molecular formula is C23H27N5O3S. The minimum absolute atomic E-state index is 0.00605. The maximum atomic E-state index is 13.1. The average molecular weight is 454 g/mol. The minimum atomic E-state index is -3.32. The van der Waals surface area contributed by atoms with Crippen molar-refractivity contribution in [1.29, 1.82) is 0 Å². The highest BCUT2D eigenvalue weighted by Crippen LogP contribution is 2.54. The van der Waals surface area contributed by atoms with Gasteiger partial charge in [-0.05, 0) is 88.3 Å². The molecule has 0 radical (unpaired) electrons. The number of nitrogens with one attached hydrogen (secondary N) is 2. The second-order valence-corrected chi connectivity index (χ2v) is 12.2. The quantitative estimate of drug-likeness (QED) is 0.733. The summed E-state index contributed by atoms with van der Waals surface area (Å²) < 4.78 is 26.2. The van der Waals surface area contributed by atoms with Crippen molar-refractivity contribution in [1.82, 2.24) is 14.9 Å². The Morgan fingerprint density at radius 1 is 1.09 bits per heavy atom. The summed E-state index contributed by atoms with van der Waals surface area (Å²) in [7, 11) is -1.19. The van der Waals surface area contributed by atoms with Crippen LogP contribution in [0.2, 0.25) is 0 Å². The van der Waals surface area contributed by atoms with Gasteiger partial charge in [0.25, 0.3) is 0 Å². The van der Waals surface area contributed by atoms with Gasteiger partial charge in [0.2, 0.25) is 11.9 Å². The van der Waals surface area contributed by atoms with Crippen molar-refractivity contribution in [3.05, 3.63) is 36.0 Å². The summed E-state index contributed by atoms with van der Waals surface area (Å²) >= 11 is 0. The van der Waals surface area contributed by atoms with Crippen molar-refractivity contribution < 1.29 is 13.2 Å². The van der Waals surface area contributed by atoms with E-state index in [0.717, 1.165) is 57.2 Å². The average Bonchev–Trinajstić information content (AvgIpc) is 3.50. The third kappa shape index (κ3) is 3.05. The molecule has 32 heavy (non-hydrogen) atoms. The summed E-state index contributed by atoms with van der Waals surface area (Å²) in [5.74, 6) is 0.948. The minimum Gasteiger partial charge on any atom is -0.324 e. The summed E-state index contributed by atoms with van der Waals surface area (Å²) in [4.78, 5) is 23.6. The second kappa shape index (κ2) is 6.74. The van der Waals surface area contributed by atoms with Gasteiger partial charge in [-0.3, -0.25) is 4.79 Å². The Morgan fingerprint density at radius 2 is 1.78 bits per heavy atom. The molecule has 1 aromatic carbocycles. The first-order chi connectivity index (χ1) is 15.3. The van der Waals surface area contributed by atoms with Gasteiger partial charge in [-0.15, -0.1) is 0 Å². The highest BCUT2D eigenvalue weighted by Gasteiger charge is 2.57. The summed E-state index contributed by atoms with van der Waals surface area (Å²) in [6.07, 6.45) is 7.15. The topological polar surface area (TPSA) is 104 Å². The van der Waals surface area contributed by atoms with Crippen LogP contribution in [0.5, 0.6) is 0 Å². The van der Waals surface area contributed by atoms with Crippen LogP contribution in [0.4, 0.5) is 17.5 Å². The number of carbonyl (C=O) groups is 1. The number of piperidine rings is 1. The van der Waals surface area contributed by atoms with Crippen molar-refractivity contribution in [3.8, 4) is 0 Å². The lowest BCUT2D eigenvalue weighted by atomic mass is 9.63. The zero-order chi connectivity index (χ0) is 22.1. The molecule has 0 atom stereocenters. The van der Waals surface area contributed by atoms with Gasteiger partial charge >= 0.3 is 0 Å². The van der Waals surface area contributed by atoms with E-state index in [-0.39, 0.29) is 16.6 Å². The molecule has 3 heterocycles. The fraction of sp³-hybridized carbons (Fsp3) is 0.522. The summed E-state index contributed by atoms with van der Waals surface area (Å²) in [5.41, 5.74) is 1.40. The predicted molar refractivity (Wildman–Crippen MR) is 121 cm³/mol. The number of rotatable bonds is 4. The SMILES string of the molecule is CN1CCC2(CC1)CC(S(=O)(=O)c1ccc(Nc3ncc4c(n3)NC(=O)C43CC3)cc1)C2. The summed E-state index contributed by atoms with van der Waals surface area (Å²) in [5, 5.41) is 5.68. The zero-order valence-electron chi connectivity index (χ0n) is 18.1. The van der Waals surface area contributed by atoms with Crippen molar-refractivity contribution >= 4 is 33.2 Å². The van der Waals surface area contributed by atoms with Crippen LogP contribution >= 0.6 is 0 Å². The molecule has 2 spiro atoms. The molecule has 0 unspecified atom stereocenters. The van der Waals surface area contributed by atoms with Crippen LogP contribution in [0.3, 0.4) is 0 Å². The third-order valence-corrected chi connectivity index (χ3v) is 10.1. The highest BCUT2D eigenvalue weighted by atomic mass is 32.2. The van der Waals surface area contributed by atoms with Gasteiger partial charge in [-0.2, -0.15) is 4.98 Å². The summed E-state index contributed by atoms with van der Waals surface area (Å²) in [6, 6.07) is 6.81. The van der Waals surface area contributed by atoms with E-state index in [1.54, 1.807) is 30.5 Å².